The van der Waals surface area contributed by atoms with Gasteiger partial charge in [0.05, 0.1) is 35.7 Å². The summed E-state index contributed by atoms with van der Waals surface area (Å²) in [5.74, 6) is -0.493. The van der Waals surface area contributed by atoms with E-state index in [9.17, 15) is 13.2 Å². The average molecular weight is 312 g/mol. The van der Waals surface area contributed by atoms with Crippen molar-refractivity contribution in [2.45, 2.75) is 31.3 Å². The summed E-state index contributed by atoms with van der Waals surface area (Å²) in [6.45, 7) is 3.76. The minimum atomic E-state index is -3.30. The first-order chi connectivity index (χ1) is 9.95. The van der Waals surface area contributed by atoms with Crippen LogP contribution in [0.2, 0.25) is 0 Å². The topological polar surface area (TPSA) is 69.7 Å². The number of esters is 1. The average Bonchev–Trinajstić information content (AvgIpc) is 2.46. The van der Waals surface area contributed by atoms with Crippen LogP contribution in [0.3, 0.4) is 0 Å². The fraction of sp³-hybridized carbons (Fsp3) is 0.400. The minimum Gasteiger partial charge on any atom is -0.498 e. The maximum atomic E-state index is 12.1. The highest BCUT2D eigenvalue weighted by atomic mass is 32.2. The van der Waals surface area contributed by atoms with Crippen LogP contribution in [-0.4, -0.2) is 32.9 Å². The van der Waals surface area contributed by atoms with Crippen LogP contribution in [0.1, 0.15) is 20.3 Å². The normalized spacial score (nSPS) is 13.0. The van der Waals surface area contributed by atoms with Crippen LogP contribution in [0.25, 0.3) is 0 Å². The summed E-state index contributed by atoms with van der Waals surface area (Å²) in [6.07, 6.45) is 2.43. The van der Waals surface area contributed by atoms with Crippen LogP contribution in [0.4, 0.5) is 0 Å². The Kier molecular flexibility index (Phi) is 6.94. The van der Waals surface area contributed by atoms with Crippen molar-refractivity contribution in [3.05, 3.63) is 42.7 Å². The highest BCUT2D eigenvalue weighted by molar-refractivity contribution is 7.91. The molecule has 116 valence electrons. The third-order valence-corrected chi connectivity index (χ3v) is 4.46. The summed E-state index contributed by atoms with van der Waals surface area (Å²) in [4.78, 5) is 11.3. The number of sulfone groups is 1. The monoisotopic (exact) mass is 312 g/mol. The van der Waals surface area contributed by atoms with Crippen molar-refractivity contribution in [2.75, 3.05) is 12.4 Å². The Morgan fingerprint density at radius 3 is 2.57 bits per heavy atom. The van der Waals surface area contributed by atoms with Gasteiger partial charge in [0, 0.05) is 0 Å². The zero-order valence-electron chi connectivity index (χ0n) is 12.2. The van der Waals surface area contributed by atoms with Crippen molar-refractivity contribution in [2.24, 2.45) is 0 Å². The maximum Gasteiger partial charge on any atom is 0.333 e. The molecule has 0 fully saturated rings. The summed E-state index contributed by atoms with van der Waals surface area (Å²) in [5.41, 5.74) is 0. The molecule has 0 N–H and O–H groups in total. The molecule has 0 aliphatic heterocycles. The largest absolute Gasteiger partial charge is 0.498 e. The van der Waals surface area contributed by atoms with Crippen LogP contribution < -0.4 is 0 Å². The van der Waals surface area contributed by atoms with Crippen molar-refractivity contribution in [1.82, 2.24) is 0 Å². The van der Waals surface area contributed by atoms with Crippen molar-refractivity contribution in [3.63, 3.8) is 0 Å². The minimum absolute atomic E-state index is 0.00851. The number of benzene rings is 1. The Labute approximate surface area is 125 Å². The van der Waals surface area contributed by atoms with E-state index < -0.39 is 15.8 Å². The first-order valence-electron chi connectivity index (χ1n) is 6.72. The predicted octanol–water partition coefficient (Wildman–Crippen LogP) is 2.33. The van der Waals surface area contributed by atoms with Crippen molar-refractivity contribution >= 4 is 15.8 Å². The van der Waals surface area contributed by atoms with E-state index in [1.807, 2.05) is 0 Å². The number of hydrogen-bond donors (Lipinski definition) is 0. The molecule has 0 radical (unpaired) electrons. The molecule has 0 saturated heterocycles. The van der Waals surface area contributed by atoms with Gasteiger partial charge in [-0.2, -0.15) is 0 Å². The maximum absolute atomic E-state index is 12.1. The molecule has 0 aliphatic carbocycles. The number of rotatable bonds is 8. The molecule has 0 aromatic heterocycles. The SMILES string of the molecule is CCOC(=O)/C=C/OC(C)CCS(=O)(=O)c1ccccc1. The molecular weight excluding hydrogens is 292 g/mol. The third kappa shape index (κ3) is 6.44. The van der Waals surface area contributed by atoms with E-state index in [1.54, 1.807) is 44.2 Å². The van der Waals surface area contributed by atoms with Crippen LogP contribution in [0.15, 0.2) is 47.6 Å². The molecule has 0 saturated carbocycles. The van der Waals surface area contributed by atoms with Gasteiger partial charge in [-0.25, -0.2) is 13.2 Å². The summed E-state index contributed by atoms with van der Waals surface area (Å²) < 4.78 is 34.1. The highest BCUT2D eigenvalue weighted by Gasteiger charge is 2.15. The van der Waals surface area contributed by atoms with Gasteiger partial charge in [-0.1, -0.05) is 18.2 Å². The first kappa shape index (κ1) is 17.2. The Morgan fingerprint density at radius 1 is 1.29 bits per heavy atom. The molecule has 0 aliphatic rings. The lowest BCUT2D eigenvalue weighted by Crippen LogP contribution is -2.14. The van der Waals surface area contributed by atoms with Gasteiger partial charge >= 0.3 is 5.97 Å². The van der Waals surface area contributed by atoms with Crippen LogP contribution in [-0.2, 0) is 24.1 Å². The molecule has 0 amide bonds. The summed E-state index contributed by atoms with van der Waals surface area (Å²) in [5, 5.41) is 0. The Hall–Kier alpha value is -1.82. The van der Waals surface area contributed by atoms with E-state index in [4.69, 9.17) is 9.47 Å². The lowest BCUT2D eigenvalue weighted by molar-refractivity contribution is -0.137. The van der Waals surface area contributed by atoms with Gasteiger partial charge < -0.3 is 9.47 Å². The van der Waals surface area contributed by atoms with Gasteiger partial charge in [-0.15, -0.1) is 0 Å². The van der Waals surface area contributed by atoms with Crippen LogP contribution in [0, 0.1) is 0 Å². The number of carbonyl (C=O) groups is 1. The number of ether oxygens (including phenoxy) is 2. The van der Waals surface area contributed by atoms with Gasteiger partial charge in [0.2, 0.25) is 0 Å². The molecule has 0 heterocycles. The van der Waals surface area contributed by atoms with Crippen molar-refractivity contribution in [1.29, 1.82) is 0 Å². The molecule has 1 aromatic carbocycles. The molecule has 1 rings (SSSR count). The van der Waals surface area contributed by atoms with E-state index in [2.05, 4.69) is 0 Å². The van der Waals surface area contributed by atoms with Gasteiger partial charge in [-0.3, -0.25) is 0 Å². The van der Waals surface area contributed by atoms with E-state index in [1.165, 1.54) is 12.3 Å². The molecule has 6 heteroatoms. The first-order valence-corrected chi connectivity index (χ1v) is 8.37. The predicted molar refractivity (Wildman–Crippen MR) is 79.4 cm³/mol. The Balaban J connectivity index is 2.43. The summed E-state index contributed by atoms with van der Waals surface area (Å²) in [6, 6.07) is 8.29. The van der Waals surface area contributed by atoms with Gasteiger partial charge in [0.15, 0.2) is 9.84 Å². The van der Waals surface area contributed by atoms with Gasteiger partial charge in [0.1, 0.15) is 0 Å². The second kappa shape index (κ2) is 8.46. The second-order valence-electron chi connectivity index (χ2n) is 4.42. The Bertz CT molecular complexity index is 563. The zero-order valence-corrected chi connectivity index (χ0v) is 13.0. The molecule has 21 heavy (non-hydrogen) atoms. The molecule has 1 atom stereocenters. The highest BCUT2D eigenvalue weighted by Crippen LogP contribution is 2.12. The molecule has 0 bridgehead atoms. The lowest BCUT2D eigenvalue weighted by atomic mass is 10.3. The van der Waals surface area contributed by atoms with Gasteiger partial charge in [-0.05, 0) is 32.4 Å². The van der Waals surface area contributed by atoms with Crippen molar-refractivity contribution in [3.8, 4) is 0 Å². The molecule has 5 nitrogen and oxygen atoms in total. The van der Waals surface area contributed by atoms with E-state index in [0.717, 1.165) is 0 Å². The quantitative estimate of drug-likeness (QED) is 0.418. The van der Waals surface area contributed by atoms with E-state index in [-0.39, 0.29) is 11.9 Å². The smallest absolute Gasteiger partial charge is 0.333 e. The second-order valence-corrected chi connectivity index (χ2v) is 6.53. The fourth-order valence-corrected chi connectivity index (χ4v) is 3.00. The van der Waals surface area contributed by atoms with Gasteiger partial charge in [0.25, 0.3) is 0 Å². The lowest BCUT2D eigenvalue weighted by Gasteiger charge is -2.11. The standard InChI is InChI=1S/C15H20O5S/c1-3-19-15(16)9-11-20-13(2)10-12-21(17,18)14-7-5-4-6-8-14/h4-9,11,13H,3,10,12H2,1-2H3/b11-9+. The van der Waals surface area contributed by atoms with E-state index >= 15 is 0 Å². The molecule has 1 aromatic rings. The van der Waals surface area contributed by atoms with Crippen LogP contribution in [0.5, 0.6) is 0 Å². The van der Waals surface area contributed by atoms with E-state index in [0.29, 0.717) is 17.9 Å². The molecular formula is C15H20O5S. The van der Waals surface area contributed by atoms with Crippen molar-refractivity contribution < 1.29 is 22.7 Å². The molecule has 1 unspecified atom stereocenters. The zero-order chi connectivity index (χ0) is 15.7. The van der Waals surface area contributed by atoms with Crippen LogP contribution >= 0.6 is 0 Å². The number of hydrogen-bond acceptors (Lipinski definition) is 5. The summed E-state index contributed by atoms with van der Waals surface area (Å²) in [7, 11) is -3.30. The Morgan fingerprint density at radius 2 is 1.95 bits per heavy atom. The molecule has 0 spiro atoms. The number of carbonyl (C=O) groups excluding carboxylic acids is 1. The summed E-state index contributed by atoms with van der Waals surface area (Å²) >= 11 is 0. The fourth-order valence-electron chi connectivity index (χ4n) is 1.55. The third-order valence-electron chi connectivity index (χ3n) is 2.70.